The molecule has 0 unspecified atom stereocenters. The summed E-state index contributed by atoms with van der Waals surface area (Å²) in [5.74, 6) is -0.331. The Kier molecular flexibility index (Phi) is 4.25. The Balaban J connectivity index is 2.11. The summed E-state index contributed by atoms with van der Waals surface area (Å²) in [6.45, 7) is 2.67. The number of rotatable bonds is 3. The van der Waals surface area contributed by atoms with Crippen LogP contribution in [-0.2, 0) is 6.54 Å². The molecule has 94 valence electrons. The Hall–Kier alpha value is -1.06. The fourth-order valence-corrected chi connectivity index (χ4v) is 2.49. The zero-order valence-electron chi connectivity index (χ0n) is 9.81. The van der Waals surface area contributed by atoms with Crippen LogP contribution in [0.2, 0.25) is 5.02 Å². The highest BCUT2D eigenvalue weighted by Gasteiger charge is 2.03. The van der Waals surface area contributed by atoms with Gasteiger partial charge in [0.05, 0.1) is 10.7 Å². The second-order valence-corrected chi connectivity index (χ2v) is 5.33. The van der Waals surface area contributed by atoms with E-state index in [2.05, 4.69) is 27.3 Å². The van der Waals surface area contributed by atoms with E-state index in [-0.39, 0.29) is 5.82 Å². The fourth-order valence-electron chi connectivity index (χ4n) is 1.62. The predicted octanol–water partition coefficient (Wildman–Crippen LogP) is 5.16. The molecule has 1 N–H and O–H groups in total. The first-order chi connectivity index (χ1) is 8.56. The molecular weight excluding hydrogens is 317 g/mol. The molecule has 0 amide bonds. The maximum atomic E-state index is 12.9. The van der Waals surface area contributed by atoms with Crippen molar-refractivity contribution in [2.75, 3.05) is 5.32 Å². The molecule has 0 saturated heterocycles. The van der Waals surface area contributed by atoms with Gasteiger partial charge in [-0.05, 0) is 42.3 Å². The molecule has 18 heavy (non-hydrogen) atoms. The largest absolute Gasteiger partial charge is 0.380 e. The average molecular weight is 329 g/mol. The van der Waals surface area contributed by atoms with Gasteiger partial charge in [0, 0.05) is 11.0 Å². The monoisotopic (exact) mass is 327 g/mol. The van der Waals surface area contributed by atoms with Gasteiger partial charge in [-0.25, -0.2) is 4.39 Å². The van der Waals surface area contributed by atoms with Gasteiger partial charge in [0.25, 0.3) is 0 Å². The van der Waals surface area contributed by atoms with Crippen LogP contribution >= 0.6 is 27.5 Å². The van der Waals surface area contributed by atoms with Crippen LogP contribution in [-0.4, -0.2) is 0 Å². The van der Waals surface area contributed by atoms with Crippen molar-refractivity contribution in [2.24, 2.45) is 0 Å². The highest BCUT2D eigenvalue weighted by molar-refractivity contribution is 9.10. The Morgan fingerprint density at radius 1 is 1.22 bits per heavy atom. The van der Waals surface area contributed by atoms with Gasteiger partial charge in [-0.2, -0.15) is 0 Å². The van der Waals surface area contributed by atoms with E-state index in [0.29, 0.717) is 11.6 Å². The van der Waals surface area contributed by atoms with Crippen molar-refractivity contribution in [1.29, 1.82) is 0 Å². The molecule has 0 heterocycles. The first-order valence-corrected chi connectivity index (χ1v) is 6.67. The van der Waals surface area contributed by atoms with Gasteiger partial charge in [0.1, 0.15) is 5.82 Å². The minimum absolute atomic E-state index is 0.331. The van der Waals surface area contributed by atoms with E-state index in [4.69, 9.17) is 11.6 Å². The molecule has 0 atom stereocenters. The highest BCUT2D eigenvalue weighted by Crippen LogP contribution is 2.24. The van der Waals surface area contributed by atoms with Crippen molar-refractivity contribution in [3.63, 3.8) is 0 Å². The number of benzene rings is 2. The third-order valence-electron chi connectivity index (χ3n) is 2.61. The lowest BCUT2D eigenvalue weighted by Crippen LogP contribution is -2.01. The van der Waals surface area contributed by atoms with Crippen LogP contribution in [0.3, 0.4) is 0 Å². The summed E-state index contributed by atoms with van der Waals surface area (Å²) in [5, 5.41) is 3.58. The summed E-state index contributed by atoms with van der Waals surface area (Å²) >= 11 is 9.46. The summed E-state index contributed by atoms with van der Waals surface area (Å²) < 4.78 is 13.9. The van der Waals surface area contributed by atoms with Gasteiger partial charge in [0.2, 0.25) is 0 Å². The standard InChI is InChI=1S/C14H12BrClFN/c1-9-2-3-10(12(15)6-9)8-18-14-5-4-11(17)7-13(14)16/h2-7,18H,8H2,1H3. The number of hydrogen-bond donors (Lipinski definition) is 1. The number of nitrogens with one attached hydrogen (secondary N) is 1. The lowest BCUT2D eigenvalue weighted by atomic mass is 10.1. The van der Waals surface area contributed by atoms with Crippen LogP contribution in [0.25, 0.3) is 0 Å². The summed E-state index contributed by atoms with van der Waals surface area (Å²) in [5.41, 5.74) is 3.05. The Morgan fingerprint density at radius 2 is 2.00 bits per heavy atom. The first-order valence-electron chi connectivity index (χ1n) is 5.50. The molecule has 4 heteroatoms. The smallest absolute Gasteiger partial charge is 0.124 e. The molecule has 0 aliphatic heterocycles. The molecular formula is C14H12BrClFN. The molecule has 1 nitrogen and oxygen atoms in total. The van der Waals surface area contributed by atoms with Gasteiger partial charge < -0.3 is 5.32 Å². The summed E-state index contributed by atoms with van der Waals surface area (Å²) in [6, 6.07) is 10.5. The number of anilines is 1. The highest BCUT2D eigenvalue weighted by atomic mass is 79.9. The Bertz CT molecular complexity index is 520. The summed E-state index contributed by atoms with van der Waals surface area (Å²) in [7, 11) is 0. The molecule has 2 aromatic rings. The van der Waals surface area contributed by atoms with E-state index < -0.39 is 0 Å². The second-order valence-electron chi connectivity index (χ2n) is 4.07. The van der Waals surface area contributed by atoms with E-state index in [1.165, 1.54) is 17.7 Å². The van der Waals surface area contributed by atoms with E-state index in [1.54, 1.807) is 6.07 Å². The third kappa shape index (κ3) is 3.24. The molecule has 0 fully saturated rings. The third-order valence-corrected chi connectivity index (χ3v) is 3.66. The quantitative estimate of drug-likeness (QED) is 0.820. The molecule has 0 radical (unpaired) electrons. The predicted molar refractivity (Wildman–Crippen MR) is 77.6 cm³/mol. The lowest BCUT2D eigenvalue weighted by molar-refractivity contribution is 0.628. The molecule has 0 aliphatic rings. The zero-order valence-corrected chi connectivity index (χ0v) is 12.1. The Labute approximate surface area is 119 Å². The Morgan fingerprint density at radius 3 is 2.67 bits per heavy atom. The molecule has 2 aromatic carbocycles. The van der Waals surface area contributed by atoms with Crippen molar-refractivity contribution in [3.8, 4) is 0 Å². The molecule has 0 aromatic heterocycles. The van der Waals surface area contributed by atoms with Crippen LogP contribution in [0.5, 0.6) is 0 Å². The fraction of sp³-hybridized carbons (Fsp3) is 0.143. The maximum absolute atomic E-state index is 12.9. The minimum Gasteiger partial charge on any atom is -0.380 e. The van der Waals surface area contributed by atoms with E-state index in [0.717, 1.165) is 15.7 Å². The molecule has 0 aliphatic carbocycles. The summed E-state index contributed by atoms with van der Waals surface area (Å²) in [6.07, 6.45) is 0. The van der Waals surface area contributed by atoms with Crippen molar-refractivity contribution in [2.45, 2.75) is 13.5 Å². The number of halogens is 3. The summed E-state index contributed by atoms with van der Waals surface area (Å²) in [4.78, 5) is 0. The molecule has 2 rings (SSSR count). The zero-order chi connectivity index (χ0) is 13.1. The maximum Gasteiger partial charge on any atom is 0.124 e. The topological polar surface area (TPSA) is 12.0 Å². The lowest BCUT2D eigenvalue weighted by Gasteiger charge is -2.10. The van der Waals surface area contributed by atoms with Crippen molar-refractivity contribution >= 4 is 33.2 Å². The van der Waals surface area contributed by atoms with Crippen LogP contribution in [0.1, 0.15) is 11.1 Å². The van der Waals surface area contributed by atoms with Gasteiger partial charge in [0.15, 0.2) is 0 Å². The van der Waals surface area contributed by atoms with Crippen LogP contribution in [0.4, 0.5) is 10.1 Å². The van der Waals surface area contributed by atoms with Gasteiger partial charge in [-0.1, -0.05) is 39.7 Å². The number of aryl methyl sites for hydroxylation is 1. The van der Waals surface area contributed by atoms with Crippen molar-refractivity contribution in [1.82, 2.24) is 0 Å². The second kappa shape index (κ2) is 5.72. The molecule has 0 spiro atoms. The van der Waals surface area contributed by atoms with Crippen LogP contribution < -0.4 is 5.32 Å². The van der Waals surface area contributed by atoms with Crippen molar-refractivity contribution in [3.05, 3.63) is 62.8 Å². The normalized spacial score (nSPS) is 10.4. The van der Waals surface area contributed by atoms with E-state index >= 15 is 0 Å². The van der Waals surface area contributed by atoms with Gasteiger partial charge in [-0.15, -0.1) is 0 Å². The van der Waals surface area contributed by atoms with E-state index in [9.17, 15) is 4.39 Å². The first kappa shape index (κ1) is 13.4. The van der Waals surface area contributed by atoms with Crippen LogP contribution in [0.15, 0.2) is 40.9 Å². The van der Waals surface area contributed by atoms with Gasteiger partial charge >= 0.3 is 0 Å². The van der Waals surface area contributed by atoms with Gasteiger partial charge in [-0.3, -0.25) is 0 Å². The average Bonchev–Trinajstić information content (AvgIpc) is 2.30. The molecule has 0 saturated carbocycles. The van der Waals surface area contributed by atoms with Crippen LogP contribution in [0, 0.1) is 12.7 Å². The SMILES string of the molecule is Cc1ccc(CNc2ccc(F)cc2Cl)c(Br)c1. The number of hydrogen-bond acceptors (Lipinski definition) is 1. The van der Waals surface area contributed by atoms with Crippen molar-refractivity contribution < 1.29 is 4.39 Å². The molecule has 0 bridgehead atoms. The minimum atomic E-state index is -0.331. The van der Waals surface area contributed by atoms with E-state index in [1.807, 2.05) is 19.1 Å².